The van der Waals surface area contributed by atoms with Crippen LogP contribution >= 0.6 is 11.8 Å². The van der Waals surface area contributed by atoms with E-state index in [2.05, 4.69) is 105 Å². The van der Waals surface area contributed by atoms with Crippen LogP contribution in [0.4, 0.5) is 0 Å². The Hall–Kier alpha value is -2.52. The third-order valence-electron chi connectivity index (χ3n) is 5.95. The lowest BCUT2D eigenvalue weighted by atomic mass is 9.84. The highest BCUT2D eigenvalue weighted by molar-refractivity contribution is 8.00. The molecule has 0 N–H and O–H groups in total. The number of ether oxygens (including phenoxy) is 1. The molecular formula is C28H30O2S. The summed E-state index contributed by atoms with van der Waals surface area (Å²) in [4.78, 5) is 12.4. The van der Waals surface area contributed by atoms with Crippen LogP contribution in [0.2, 0.25) is 0 Å². The van der Waals surface area contributed by atoms with E-state index >= 15 is 0 Å². The van der Waals surface area contributed by atoms with Crippen molar-refractivity contribution in [2.24, 2.45) is 11.8 Å². The van der Waals surface area contributed by atoms with Crippen molar-refractivity contribution in [2.45, 2.75) is 37.5 Å². The number of benzene rings is 3. The number of cyclic esters (lactones) is 1. The van der Waals surface area contributed by atoms with Crippen LogP contribution in [0.1, 0.15) is 43.4 Å². The molecule has 1 aliphatic heterocycles. The summed E-state index contributed by atoms with van der Waals surface area (Å²) >= 11 is 1.87. The zero-order valence-electron chi connectivity index (χ0n) is 18.2. The van der Waals surface area contributed by atoms with E-state index in [9.17, 15) is 4.79 Å². The third kappa shape index (κ3) is 4.72. The lowest BCUT2D eigenvalue weighted by molar-refractivity contribution is -0.144. The van der Waals surface area contributed by atoms with Gasteiger partial charge in [0.05, 0.1) is 10.7 Å². The Kier molecular flexibility index (Phi) is 6.82. The van der Waals surface area contributed by atoms with Gasteiger partial charge in [0.2, 0.25) is 0 Å². The largest absolute Gasteiger partial charge is 0.461 e. The van der Waals surface area contributed by atoms with Gasteiger partial charge in [-0.05, 0) is 35.4 Å². The van der Waals surface area contributed by atoms with Crippen LogP contribution in [0.5, 0.6) is 0 Å². The van der Waals surface area contributed by atoms with Crippen LogP contribution < -0.4 is 0 Å². The monoisotopic (exact) mass is 430 g/mol. The zero-order valence-corrected chi connectivity index (χ0v) is 19.1. The van der Waals surface area contributed by atoms with Crippen LogP contribution in [0.25, 0.3) is 0 Å². The summed E-state index contributed by atoms with van der Waals surface area (Å²) in [6, 6.07) is 32.0. The summed E-state index contributed by atoms with van der Waals surface area (Å²) < 4.78 is 5.45. The summed E-state index contributed by atoms with van der Waals surface area (Å²) in [6.45, 7) is 4.33. The van der Waals surface area contributed by atoms with E-state index < -0.39 is 0 Å². The van der Waals surface area contributed by atoms with E-state index in [0.717, 1.165) is 18.6 Å². The summed E-state index contributed by atoms with van der Waals surface area (Å²) in [5.74, 6) is 1.27. The maximum absolute atomic E-state index is 12.4. The SMILES string of the molecule is CC(C)C[C@@H]1C[C@@H](CSC(c2ccccc2)(c2ccccc2)c2ccccc2)OC1=O. The Labute approximate surface area is 190 Å². The highest BCUT2D eigenvalue weighted by Gasteiger charge is 2.40. The fourth-order valence-corrected chi connectivity index (χ4v) is 6.12. The number of hydrogen-bond acceptors (Lipinski definition) is 3. The topological polar surface area (TPSA) is 26.3 Å². The van der Waals surface area contributed by atoms with Crippen molar-refractivity contribution in [1.29, 1.82) is 0 Å². The molecule has 3 aromatic rings. The average molecular weight is 431 g/mol. The van der Waals surface area contributed by atoms with Gasteiger partial charge >= 0.3 is 5.97 Å². The van der Waals surface area contributed by atoms with Crippen LogP contribution in [0.15, 0.2) is 91.0 Å². The minimum atomic E-state index is -0.369. The average Bonchev–Trinajstić information content (AvgIpc) is 3.15. The Balaban J connectivity index is 1.70. The fraction of sp³-hybridized carbons (Fsp3) is 0.321. The number of rotatable bonds is 8. The third-order valence-corrected chi connectivity index (χ3v) is 7.62. The number of thioether (sulfide) groups is 1. The van der Waals surface area contributed by atoms with Gasteiger partial charge in [-0.2, -0.15) is 0 Å². The van der Waals surface area contributed by atoms with Crippen LogP contribution in [-0.2, 0) is 14.3 Å². The predicted octanol–water partition coefficient (Wildman–Crippen LogP) is 6.69. The molecule has 0 radical (unpaired) electrons. The molecule has 1 aliphatic rings. The number of esters is 1. The Morgan fingerprint density at radius 1 is 0.839 bits per heavy atom. The Bertz CT molecular complexity index is 873. The van der Waals surface area contributed by atoms with Gasteiger partial charge in [-0.25, -0.2) is 0 Å². The maximum atomic E-state index is 12.4. The van der Waals surface area contributed by atoms with Crippen molar-refractivity contribution in [3.05, 3.63) is 108 Å². The maximum Gasteiger partial charge on any atom is 0.309 e. The first-order valence-electron chi connectivity index (χ1n) is 11.1. The van der Waals surface area contributed by atoms with E-state index in [1.165, 1.54) is 16.7 Å². The Morgan fingerprint density at radius 3 is 1.71 bits per heavy atom. The first-order valence-corrected chi connectivity index (χ1v) is 12.1. The molecule has 3 aromatic carbocycles. The second-order valence-corrected chi connectivity index (χ2v) is 9.95. The molecule has 160 valence electrons. The summed E-state index contributed by atoms with van der Waals surface area (Å²) in [5, 5.41) is 0. The van der Waals surface area contributed by atoms with Gasteiger partial charge in [0.15, 0.2) is 0 Å². The normalized spacial score (nSPS) is 18.9. The minimum absolute atomic E-state index is 0.0240. The van der Waals surface area contributed by atoms with Gasteiger partial charge < -0.3 is 4.74 Å². The van der Waals surface area contributed by atoms with E-state index in [-0.39, 0.29) is 22.7 Å². The first kappa shape index (κ1) is 21.7. The number of hydrogen-bond donors (Lipinski definition) is 0. The lowest BCUT2D eigenvalue weighted by Gasteiger charge is -2.36. The standard InChI is InChI=1S/C28H30O2S/c1-21(2)18-22-19-26(30-27(22)29)20-31-28(23-12-6-3-7-13-23,24-14-8-4-9-15-24)25-16-10-5-11-17-25/h3-17,21-22,26H,18-20H2,1-2H3/t22-,26+/m1/s1. The van der Waals surface area contributed by atoms with Crippen molar-refractivity contribution >= 4 is 17.7 Å². The molecule has 0 bridgehead atoms. The summed E-state index contributed by atoms with van der Waals surface area (Å²) in [5.41, 5.74) is 3.71. The first-order chi connectivity index (χ1) is 15.1. The molecule has 1 saturated heterocycles. The van der Waals surface area contributed by atoms with E-state index in [1.807, 2.05) is 11.8 Å². The quantitative estimate of drug-likeness (QED) is 0.294. The van der Waals surface area contributed by atoms with E-state index in [4.69, 9.17) is 4.74 Å². The molecule has 1 fully saturated rings. The van der Waals surface area contributed by atoms with Crippen molar-refractivity contribution in [1.82, 2.24) is 0 Å². The summed E-state index contributed by atoms with van der Waals surface area (Å²) in [7, 11) is 0. The van der Waals surface area contributed by atoms with Crippen LogP contribution in [-0.4, -0.2) is 17.8 Å². The molecule has 0 aromatic heterocycles. The Morgan fingerprint density at radius 2 is 1.29 bits per heavy atom. The molecule has 0 aliphatic carbocycles. The molecular weight excluding hydrogens is 400 g/mol. The van der Waals surface area contributed by atoms with Gasteiger partial charge in [0.25, 0.3) is 0 Å². The van der Waals surface area contributed by atoms with Crippen molar-refractivity contribution in [3.63, 3.8) is 0 Å². The highest BCUT2D eigenvalue weighted by atomic mass is 32.2. The smallest absolute Gasteiger partial charge is 0.309 e. The molecule has 3 heteroatoms. The number of carbonyl (C=O) groups excluding carboxylic acids is 1. The van der Waals surface area contributed by atoms with Crippen LogP contribution in [0, 0.1) is 11.8 Å². The van der Waals surface area contributed by atoms with Gasteiger partial charge in [0, 0.05) is 5.75 Å². The zero-order chi connectivity index (χ0) is 21.7. The predicted molar refractivity (Wildman–Crippen MR) is 129 cm³/mol. The molecule has 0 saturated carbocycles. The second kappa shape index (κ2) is 9.74. The fourth-order valence-electron chi connectivity index (χ4n) is 4.57. The van der Waals surface area contributed by atoms with Gasteiger partial charge in [0.1, 0.15) is 6.10 Å². The van der Waals surface area contributed by atoms with E-state index in [0.29, 0.717) is 5.92 Å². The van der Waals surface area contributed by atoms with Crippen molar-refractivity contribution in [2.75, 3.05) is 5.75 Å². The van der Waals surface area contributed by atoms with Crippen molar-refractivity contribution < 1.29 is 9.53 Å². The minimum Gasteiger partial charge on any atom is -0.461 e. The van der Waals surface area contributed by atoms with Gasteiger partial charge in [-0.1, -0.05) is 105 Å². The second-order valence-electron chi connectivity index (χ2n) is 8.71. The molecule has 0 unspecified atom stereocenters. The van der Waals surface area contributed by atoms with Gasteiger partial charge in [-0.3, -0.25) is 4.79 Å². The van der Waals surface area contributed by atoms with Gasteiger partial charge in [-0.15, -0.1) is 11.8 Å². The molecule has 2 atom stereocenters. The van der Waals surface area contributed by atoms with E-state index in [1.54, 1.807) is 0 Å². The molecule has 0 spiro atoms. The molecule has 2 nitrogen and oxygen atoms in total. The van der Waals surface area contributed by atoms with Crippen LogP contribution in [0.3, 0.4) is 0 Å². The molecule has 0 amide bonds. The lowest BCUT2D eigenvalue weighted by Crippen LogP contribution is -2.28. The molecule has 4 rings (SSSR count). The molecule has 31 heavy (non-hydrogen) atoms. The van der Waals surface area contributed by atoms with Crippen molar-refractivity contribution in [3.8, 4) is 0 Å². The summed E-state index contributed by atoms with van der Waals surface area (Å²) in [6.07, 6.45) is 1.68. The molecule has 1 heterocycles. The number of carbonyl (C=O) groups is 1. The highest BCUT2D eigenvalue weighted by Crippen LogP contribution is 2.49.